The minimum absolute atomic E-state index is 0.0337. The summed E-state index contributed by atoms with van der Waals surface area (Å²) in [7, 11) is 0. The van der Waals surface area contributed by atoms with E-state index in [4.69, 9.17) is 0 Å². The van der Waals surface area contributed by atoms with E-state index in [2.05, 4.69) is 15.2 Å². The van der Waals surface area contributed by atoms with Gasteiger partial charge < -0.3 is 20.0 Å². The first-order valence-electron chi connectivity index (χ1n) is 9.70. The van der Waals surface area contributed by atoms with Crippen LogP contribution < -0.4 is 10.2 Å². The molecule has 140 valence electrons. The number of carbonyl (C=O) groups is 2. The van der Waals surface area contributed by atoms with Crippen LogP contribution >= 0.6 is 0 Å². The maximum Gasteiger partial charge on any atom is 0.317 e. The van der Waals surface area contributed by atoms with Gasteiger partial charge in [0, 0.05) is 69.3 Å². The Hall–Kier alpha value is -2.31. The Balaban J connectivity index is 1.20. The fourth-order valence-corrected chi connectivity index (χ4v) is 3.82. The first-order chi connectivity index (χ1) is 12.7. The predicted octanol–water partition coefficient (Wildman–Crippen LogP) is 1.31. The van der Waals surface area contributed by atoms with E-state index in [1.807, 2.05) is 21.9 Å². The van der Waals surface area contributed by atoms with Crippen LogP contribution in [0.1, 0.15) is 25.7 Å². The van der Waals surface area contributed by atoms with E-state index in [-0.39, 0.29) is 18.0 Å². The van der Waals surface area contributed by atoms with Gasteiger partial charge in [0.15, 0.2) is 0 Å². The summed E-state index contributed by atoms with van der Waals surface area (Å²) in [6, 6.07) is 4.23. The zero-order valence-corrected chi connectivity index (χ0v) is 15.1. The van der Waals surface area contributed by atoms with Crippen LogP contribution in [0.25, 0.3) is 0 Å². The van der Waals surface area contributed by atoms with Crippen molar-refractivity contribution in [3.8, 4) is 0 Å². The highest BCUT2D eigenvalue weighted by molar-refractivity contribution is 5.81. The first kappa shape index (κ1) is 17.1. The van der Waals surface area contributed by atoms with Crippen LogP contribution in [0.5, 0.6) is 0 Å². The lowest BCUT2D eigenvalue weighted by Crippen LogP contribution is -2.55. The molecule has 3 aliphatic rings. The number of piperazine rings is 1. The number of nitrogens with one attached hydrogen (secondary N) is 1. The zero-order valence-electron chi connectivity index (χ0n) is 15.1. The summed E-state index contributed by atoms with van der Waals surface area (Å²) in [5.74, 6) is 0.611. The van der Waals surface area contributed by atoms with Crippen molar-refractivity contribution in [2.24, 2.45) is 5.92 Å². The fourth-order valence-electron chi connectivity index (χ4n) is 3.82. The molecule has 1 aromatic rings. The normalized spacial score (nSPS) is 21.6. The number of hydrogen-bond donors (Lipinski definition) is 1. The number of aromatic nitrogens is 1. The van der Waals surface area contributed by atoms with Gasteiger partial charge in [-0.2, -0.15) is 0 Å². The SMILES string of the molecule is O=C(NC1CCN(C(=O)C2CC2)CC1)N1CCN(c2ccncc2)CC1. The lowest BCUT2D eigenvalue weighted by molar-refractivity contribution is -0.133. The summed E-state index contributed by atoms with van der Waals surface area (Å²) in [4.78, 5) is 34.9. The molecule has 0 spiro atoms. The second-order valence-electron chi connectivity index (χ2n) is 7.50. The van der Waals surface area contributed by atoms with Crippen molar-refractivity contribution >= 4 is 17.6 Å². The van der Waals surface area contributed by atoms with Crippen molar-refractivity contribution in [3.63, 3.8) is 0 Å². The molecule has 7 heteroatoms. The molecule has 3 fully saturated rings. The van der Waals surface area contributed by atoms with Gasteiger partial charge in [0.25, 0.3) is 0 Å². The van der Waals surface area contributed by atoms with Crippen LogP contribution in [0.4, 0.5) is 10.5 Å². The van der Waals surface area contributed by atoms with Crippen molar-refractivity contribution < 1.29 is 9.59 Å². The Morgan fingerprint density at radius 3 is 2.15 bits per heavy atom. The third kappa shape index (κ3) is 3.92. The van der Waals surface area contributed by atoms with Gasteiger partial charge in [-0.05, 0) is 37.8 Å². The fraction of sp³-hybridized carbons (Fsp3) is 0.632. The summed E-state index contributed by atoms with van der Waals surface area (Å²) >= 11 is 0. The van der Waals surface area contributed by atoms with Crippen LogP contribution in [-0.4, -0.2) is 72.0 Å². The molecule has 1 N–H and O–H groups in total. The highest BCUT2D eigenvalue weighted by Gasteiger charge is 2.35. The van der Waals surface area contributed by atoms with Crippen molar-refractivity contribution in [1.82, 2.24) is 20.1 Å². The largest absolute Gasteiger partial charge is 0.368 e. The Morgan fingerprint density at radius 2 is 1.54 bits per heavy atom. The molecule has 3 heterocycles. The van der Waals surface area contributed by atoms with Gasteiger partial charge in [-0.15, -0.1) is 0 Å². The van der Waals surface area contributed by atoms with Crippen molar-refractivity contribution in [2.75, 3.05) is 44.2 Å². The molecule has 3 amide bonds. The lowest BCUT2D eigenvalue weighted by Gasteiger charge is -2.38. The molecule has 1 aromatic heterocycles. The van der Waals surface area contributed by atoms with Crippen LogP contribution in [-0.2, 0) is 4.79 Å². The van der Waals surface area contributed by atoms with Crippen molar-refractivity contribution in [2.45, 2.75) is 31.7 Å². The van der Waals surface area contributed by atoms with Crippen LogP contribution in [0.2, 0.25) is 0 Å². The number of anilines is 1. The van der Waals surface area contributed by atoms with Crippen molar-refractivity contribution in [3.05, 3.63) is 24.5 Å². The average Bonchev–Trinajstić information content (AvgIpc) is 3.54. The first-order valence-corrected chi connectivity index (χ1v) is 9.70. The molecule has 0 radical (unpaired) electrons. The maximum atomic E-state index is 12.5. The number of pyridine rings is 1. The van der Waals surface area contributed by atoms with E-state index >= 15 is 0 Å². The third-order valence-electron chi connectivity index (χ3n) is 5.66. The molecular formula is C19H27N5O2. The molecule has 2 aliphatic heterocycles. The molecule has 4 rings (SSSR count). The van der Waals surface area contributed by atoms with E-state index in [1.54, 1.807) is 12.4 Å². The third-order valence-corrected chi connectivity index (χ3v) is 5.66. The number of amides is 3. The smallest absolute Gasteiger partial charge is 0.317 e. The average molecular weight is 357 g/mol. The summed E-state index contributed by atoms with van der Waals surface area (Å²) < 4.78 is 0. The Kier molecular flexibility index (Phi) is 4.95. The minimum Gasteiger partial charge on any atom is -0.368 e. The van der Waals surface area contributed by atoms with Gasteiger partial charge in [-0.25, -0.2) is 4.79 Å². The summed E-state index contributed by atoms with van der Waals surface area (Å²) in [6.45, 7) is 4.68. The molecule has 0 bridgehead atoms. The van der Waals surface area contributed by atoms with Crippen molar-refractivity contribution in [1.29, 1.82) is 0 Å². The number of urea groups is 1. The monoisotopic (exact) mass is 357 g/mol. The second-order valence-corrected chi connectivity index (χ2v) is 7.50. The van der Waals surface area contributed by atoms with E-state index in [0.717, 1.165) is 70.6 Å². The van der Waals surface area contributed by atoms with Crippen LogP contribution in [0.3, 0.4) is 0 Å². The molecule has 1 saturated carbocycles. The van der Waals surface area contributed by atoms with Gasteiger partial charge in [0.1, 0.15) is 0 Å². The summed E-state index contributed by atoms with van der Waals surface area (Å²) in [6.07, 6.45) is 7.44. The molecule has 0 unspecified atom stereocenters. The molecule has 2 saturated heterocycles. The Morgan fingerprint density at radius 1 is 0.885 bits per heavy atom. The molecule has 26 heavy (non-hydrogen) atoms. The number of nitrogens with zero attached hydrogens (tertiary/aromatic N) is 4. The highest BCUT2D eigenvalue weighted by Crippen LogP contribution is 2.31. The van der Waals surface area contributed by atoms with Gasteiger partial charge in [-0.1, -0.05) is 0 Å². The standard InChI is InChI=1S/C19H27N5O2/c25-18(15-1-2-15)23-9-5-16(6-10-23)21-19(26)24-13-11-22(12-14-24)17-3-7-20-8-4-17/h3-4,7-8,15-16H,1-2,5-6,9-14H2,(H,21,26). The van der Waals surface area contributed by atoms with E-state index in [9.17, 15) is 9.59 Å². The minimum atomic E-state index is 0.0337. The molecular weight excluding hydrogens is 330 g/mol. The van der Waals surface area contributed by atoms with Crippen LogP contribution in [0.15, 0.2) is 24.5 Å². The number of likely N-dealkylation sites (tertiary alicyclic amines) is 1. The molecule has 0 atom stereocenters. The molecule has 7 nitrogen and oxygen atoms in total. The van der Waals surface area contributed by atoms with Gasteiger partial charge in [-0.3, -0.25) is 9.78 Å². The molecule has 1 aliphatic carbocycles. The predicted molar refractivity (Wildman–Crippen MR) is 98.9 cm³/mol. The van der Waals surface area contributed by atoms with E-state index in [0.29, 0.717) is 5.91 Å². The van der Waals surface area contributed by atoms with Crippen LogP contribution in [0, 0.1) is 5.92 Å². The second kappa shape index (κ2) is 7.51. The Labute approximate surface area is 154 Å². The quantitative estimate of drug-likeness (QED) is 0.886. The van der Waals surface area contributed by atoms with Gasteiger partial charge >= 0.3 is 6.03 Å². The molecule has 0 aromatic carbocycles. The number of rotatable bonds is 3. The van der Waals surface area contributed by atoms with E-state index < -0.39 is 0 Å². The van der Waals surface area contributed by atoms with E-state index in [1.165, 1.54) is 0 Å². The van der Waals surface area contributed by atoms with Gasteiger partial charge in [0.2, 0.25) is 5.91 Å². The Bertz CT molecular complexity index is 633. The number of carbonyl (C=O) groups excluding carboxylic acids is 2. The summed E-state index contributed by atoms with van der Waals surface area (Å²) in [5, 5.41) is 3.17. The lowest BCUT2D eigenvalue weighted by atomic mass is 10.0. The van der Waals surface area contributed by atoms with Gasteiger partial charge in [0.05, 0.1) is 0 Å². The topological polar surface area (TPSA) is 68.8 Å². The maximum absolute atomic E-state index is 12.5. The number of hydrogen-bond acceptors (Lipinski definition) is 4. The number of piperidine rings is 1. The zero-order chi connectivity index (χ0) is 17.9. The highest BCUT2D eigenvalue weighted by atomic mass is 16.2. The summed E-state index contributed by atoms with van der Waals surface area (Å²) in [5.41, 5.74) is 1.16.